The molecule has 3 rings (SSSR count). The molecule has 24 heavy (non-hydrogen) atoms. The highest BCUT2D eigenvalue weighted by atomic mass is 16.5. The number of nitrogens with zero attached hydrogens (tertiary/aromatic N) is 2. The summed E-state index contributed by atoms with van der Waals surface area (Å²) in [5.74, 6) is 0.560. The van der Waals surface area contributed by atoms with Gasteiger partial charge in [-0.2, -0.15) is 5.10 Å². The van der Waals surface area contributed by atoms with Crippen LogP contribution in [0.3, 0.4) is 0 Å². The third-order valence-electron chi connectivity index (χ3n) is 4.08. The summed E-state index contributed by atoms with van der Waals surface area (Å²) in [5.41, 5.74) is 4.50. The van der Waals surface area contributed by atoms with Crippen LogP contribution in [0.4, 0.5) is 0 Å². The number of nitrogens with one attached hydrogen (secondary N) is 1. The molecule has 124 valence electrons. The molecule has 1 N–H and O–H groups in total. The number of hydrogen-bond acceptors (Lipinski definition) is 4. The van der Waals surface area contributed by atoms with Crippen LogP contribution in [0.5, 0.6) is 5.75 Å². The fourth-order valence-corrected chi connectivity index (χ4v) is 2.72. The van der Waals surface area contributed by atoms with Crippen molar-refractivity contribution in [3.8, 4) is 5.75 Å². The molecule has 0 radical (unpaired) electrons. The van der Waals surface area contributed by atoms with E-state index in [9.17, 15) is 4.79 Å². The molecule has 5 nitrogen and oxygen atoms in total. The van der Waals surface area contributed by atoms with Gasteiger partial charge in [-0.05, 0) is 69.0 Å². The summed E-state index contributed by atoms with van der Waals surface area (Å²) in [5, 5.41) is 4.10. The van der Waals surface area contributed by atoms with Crippen LogP contribution in [0.1, 0.15) is 48.7 Å². The zero-order valence-electron chi connectivity index (χ0n) is 13.7. The lowest BCUT2D eigenvalue weighted by atomic mass is 10.2. The predicted molar refractivity (Wildman–Crippen MR) is 93.2 cm³/mol. The second-order valence-corrected chi connectivity index (χ2v) is 5.90. The second-order valence-electron chi connectivity index (χ2n) is 5.90. The van der Waals surface area contributed by atoms with Crippen molar-refractivity contribution >= 4 is 11.6 Å². The lowest BCUT2D eigenvalue weighted by Crippen LogP contribution is -2.19. The van der Waals surface area contributed by atoms with E-state index >= 15 is 0 Å². The maximum absolute atomic E-state index is 12.2. The fraction of sp³-hybridized carbons (Fsp3) is 0.316. The summed E-state index contributed by atoms with van der Waals surface area (Å²) in [6.45, 7) is 1.81. The quantitative estimate of drug-likeness (QED) is 0.676. The van der Waals surface area contributed by atoms with Crippen LogP contribution in [-0.4, -0.2) is 22.7 Å². The van der Waals surface area contributed by atoms with Crippen molar-refractivity contribution in [1.82, 2.24) is 10.4 Å². The molecule has 0 aliphatic heterocycles. The summed E-state index contributed by atoms with van der Waals surface area (Å²) in [6.07, 6.45) is 6.71. The molecule has 1 fully saturated rings. The standard InChI is InChI=1S/C19H21N3O2/c1-14(18-8-4-5-13-20-18)21-22-19(23)15-9-11-17(12-10-15)24-16-6-2-3-7-16/h4-5,8-13,16H,2-3,6-7H2,1H3,(H,22,23). The first-order chi connectivity index (χ1) is 11.7. The van der Waals surface area contributed by atoms with Gasteiger partial charge in [-0.1, -0.05) is 6.07 Å². The number of rotatable bonds is 5. The zero-order chi connectivity index (χ0) is 16.8. The first-order valence-electron chi connectivity index (χ1n) is 8.25. The molecule has 2 aromatic rings. The average molecular weight is 323 g/mol. The Morgan fingerprint density at radius 3 is 2.58 bits per heavy atom. The van der Waals surface area contributed by atoms with E-state index in [4.69, 9.17) is 4.74 Å². The number of aromatic nitrogens is 1. The summed E-state index contributed by atoms with van der Waals surface area (Å²) < 4.78 is 5.90. The van der Waals surface area contributed by atoms with Gasteiger partial charge in [0.1, 0.15) is 5.75 Å². The predicted octanol–water partition coefficient (Wildman–Crippen LogP) is 3.56. The number of pyridine rings is 1. The number of carbonyl (C=O) groups is 1. The Kier molecular flexibility index (Phi) is 5.21. The van der Waals surface area contributed by atoms with Crippen LogP contribution >= 0.6 is 0 Å². The van der Waals surface area contributed by atoms with Gasteiger partial charge in [0.15, 0.2) is 0 Å². The lowest BCUT2D eigenvalue weighted by molar-refractivity contribution is 0.0955. The molecule has 1 aromatic heterocycles. The third-order valence-corrected chi connectivity index (χ3v) is 4.08. The number of carbonyl (C=O) groups excluding carboxylic acids is 1. The molecule has 1 amide bonds. The average Bonchev–Trinajstić information content (AvgIpc) is 3.14. The van der Waals surface area contributed by atoms with Crippen molar-refractivity contribution in [2.45, 2.75) is 38.7 Å². The molecule has 0 saturated heterocycles. The molecule has 0 unspecified atom stereocenters. The van der Waals surface area contributed by atoms with Crippen molar-refractivity contribution in [3.05, 3.63) is 59.9 Å². The fourth-order valence-electron chi connectivity index (χ4n) is 2.72. The first-order valence-corrected chi connectivity index (χ1v) is 8.25. The van der Waals surface area contributed by atoms with Crippen molar-refractivity contribution in [1.29, 1.82) is 0 Å². The SMILES string of the molecule is CC(=NNC(=O)c1ccc(OC2CCCC2)cc1)c1ccccn1. The van der Waals surface area contributed by atoms with Crippen molar-refractivity contribution in [3.63, 3.8) is 0 Å². The Balaban J connectivity index is 1.58. The maximum atomic E-state index is 12.2. The minimum Gasteiger partial charge on any atom is -0.490 e. The van der Waals surface area contributed by atoms with Crippen LogP contribution in [0.25, 0.3) is 0 Å². The molecule has 1 aliphatic carbocycles. The molecular weight excluding hydrogens is 302 g/mol. The van der Waals surface area contributed by atoms with E-state index in [2.05, 4.69) is 15.5 Å². The minimum absolute atomic E-state index is 0.252. The highest BCUT2D eigenvalue weighted by Crippen LogP contribution is 2.24. The third kappa shape index (κ3) is 4.19. The number of benzene rings is 1. The number of hydrazone groups is 1. The van der Waals surface area contributed by atoms with E-state index in [0.717, 1.165) is 24.3 Å². The molecule has 1 heterocycles. The van der Waals surface area contributed by atoms with Crippen LogP contribution in [0.2, 0.25) is 0 Å². The largest absolute Gasteiger partial charge is 0.490 e. The Labute approximate surface area is 141 Å². The van der Waals surface area contributed by atoms with Crippen LogP contribution < -0.4 is 10.2 Å². The van der Waals surface area contributed by atoms with Crippen molar-refractivity contribution in [2.24, 2.45) is 5.10 Å². The van der Waals surface area contributed by atoms with Gasteiger partial charge in [-0.15, -0.1) is 0 Å². The summed E-state index contributed by atoms with van der Waals surface area (Å²) in [7, 11) is 0. The van der Waals surface area contributed by atoms with Crippen molar-refractivity contribution < 1.29 is 9.53 Å². The van der Waals surface area contributed by atoms with Crippen LogP contribution in [0, 0.1) is 0 Å². The maximum Gasteiger partial charge on any atom is 0.271 e. The summed E-state index contributed by atoms with van der Waals surface area (Å²) in [6, 6.07) is 12.7. The molecule has 0 spiro atoms. The van der Waals surface area contributed by atoms with Gasteiger partial charge >= 0.3 is 0 Å². The van der Waals surface area contributed by atoms with Gasteiger partial charge in [-0.3, -0.25) is 9.78 Å². The van der Waals surface area contributed by atoms with E-state index in [1.807, 2.05) is 30.3 Å². The summed E-state index contributed by atoms with van der Waals surface area (Å²) in [4.78, 5) is 16.3. The van der Waals surface area contributed by atoms with Crippen LogP contribution in [0.15, 0.2) is 53.8 Å². The minimum atomic E-state index is -0.252. The van der Waals surface area contributed by atoms with E-state index in [1.165, 1.54) is 12.8 Å². The molecule has 1 aliphatic rings. The topological polar surface area (TPSA) is 63.6 Å². The number of ether oxygens (including phenoxy) is 1. The van der Waals surface area contributed by atoms with Gasteiger partial charge in [-0.25, -0.2) is 5.43 Å². The Morgan fingerprint density at radius 2 is 1.92 bits per heavy atom. The highest BCUT2D eigenvalue weighted by Gasteiger charge is 2.16. The molecule has 0 bridgehead atoms. The van der Waals surface area contributed by atoms with E-state index in [1.54, 1.807) is 25.3 Å². The van der Waals surface area contributed by atoms with E-state index in [-0.39, 0.29) is 5.91 Å². The second kappa shape index (κ2) is 7.73. The zero-order valence-corrected chi connectivity index (χ0v) is 13.7. The van der Waals surface area contributed by atoms with Gasteiger partial charge in [0.25, 0.3) is 5.91 Å². The monoisotopic (exact) mass is 323 g/mol. The lowest BCUT2D eigenvalue weighted by Gasteiger charge is -2.13. The molecule has 1 saturated carbocycles. The normalized spacial score (nSPS) is 15.3. The van der Waals surface area contributed by atoms with Crippen LogP contribution in [-0.2, 0) is 0 Å². The molecule has 5 heteroatoms. The first kappa shape index (κ1) is 16.2. The van der Waals surface area contributed by atoms with Gasteiger partial charge < -0.3 is 4.74 Å². The Hall–Kier alpha value is -2.69. The smallest absolute Gasteiger partial charge is 0.271 e. The number of hydrogen-bond donors (Lipinski definition) is 1. The molecule has 1 aromatic carbocycles. The van der Waals surface area contributed by atoms with E-state index in [0.29, 0.717) is 17.4 Å². The number of amides is 1. The van der Waals surface area contributed by atoms with Gasteiger partial charge in [0.2, 0.25) is 0 Å². The van der Waals surface area contributed by atoms with E-state index < -0.39 is 0 Å². The molecular formula is C19H21N3O2. The van der Waals surface area contributed by atoms with Gasteiger partial charge in [0, 0.05) is 11.8 Å². The molecule has 0 atom stereocenters. The Bertz CT molecular complexity index is 705. The summed E-state index contributed by atoms with van der Waals surface area (Å²) >= 11 is 0. The van der Waals surface area contributed by atoms with Crippen molar-refractivity contribution in [2.75, 3.05) is 0 Å². The Morgan fingerprint density at radius 1 is 1.17 bits per heavy atom. The van der Waals surface area contributed by atoms with Gasteiger partial charge in [0.05, 0.1) is 17.5 Å². The highest BCUT2D eigenvalue weighted by molar-refractivity contribution is 5.99.